The van der Waals surface area contributed by atoms with Gasteiger partial charge in [0.2, 0.25) is 0 Å². The van der Waals surface area contributed by atoms with E-state index in [0.717, 1.165) is 15.7 Å². The molecule has 3 rings (SSSR count). The number of aliphatic hydroxyl groups is 1. The van der Waals surface area contributed by atoms with E-state index in [2.05, 4.69) is 0 Å². The summed E-state index contributed by atoms with van der Waals surface area (Å²) in [6, 6.07) is 12.9. The number of nitrogens with zero attached hydrogens (tertiary/aromatic N) is 1. The molecule has 1 fully saturated rings. The van der Waals surface area contributed by atoms with E-state index < -0.39 is 30.7 Å². The molecule has 1 atom stereocenters. The highest BCUT2D eigenvalue weighted by molar-refractivity contribution is 5.84. The zero-order valence-corrected chi connectivity index (χ0v) is 12.7. The largest absolute Gasteiger partial charge is 0.484 e. The maximum absolute atomic E-state index is 12.8. The Morgan fingerprint density at radius 3 is 2.58 bits per heavy atom. The van der Waals surface area contributed by atoms with Gasteiger partial charge in [0.05, 0.1) is 6.54 Å². The molecule has 24 heavy (non-hydrogen) atoms. The highest BCUT2D eigenvalue weighted by Crippen LogP contribution is 2.37. The zero-order chi connectivity index (χ0) is 17.4. The van der Waals surface area contributed by atoms with E-state index in [1.165, 1.54) is 0 Å². The maximum atomic E-state index is 12.8. The van der Waals surface area contributed by atoms with Crippen LogP contribution in [0.3, 0.4) is 0 Å². The molecular weight excluding hydrogens is 323 g/mol. The van der Waals surface area contributed by atoms with Crippen LogP contribution in [-0.4, -0.2) is 47.4 Å². The number of likely N-dealkylation sites (tertiary alicyclic amines) is 1. The zero-order valence-electron chi connectivity index (χ0n) is 12.7. The monoisotopic (exact) mass is 339 g/mol. The van der Waals surface area contributed by atoms with Crippen LogP contribution in [-0.2, 0) is 4.79 Å². The van der Waals surface area contributed by atoms with Crippen molar-refractivity contribution < 1.29 is 27.8 Å². The number of carbonyl (C=O) groups excluding carboxylic acids is 1. The van der Waals surface area contributed by atoms with E-state index in [9.17, 15) is 23.1 Å². The topological polar surface area (TPSA) is 49.8 Å². The van der Waals surface area contributed by atoms with Gasteiger partial charge in [-0.05, 0) is 22.9 Å². The number of rotatable bonds is 3. The first-order chi connectivity index (χ1) is 11.3. The van der Waals surface area contributed by atoms with Gasteiger partial charge in [-0.15, -0.1) is 0 Å². The van der Waals surface area contributed by atoms with Gasteiger partial charge in [-0.3, -0.25) is 4.79 Å². The number of amides is 1. The summed E-state index contributed by atoms with van der Waals surface area (Å²) in [5.41, 5.74) is -2.83. The Labute approximate surface area is 136 Å². The van der Waals surface area contributed by atoms with Crippen molar-refractivity contribution in [3.05, 3.63) is 42.5 Å². The molecule has 2 aromatic rings. The van der Waals surface area contributed by atoms with E-state index in [1.807, 2.05) is 30.3 Å². The molecule has 1 aliphatic heterocycles. The lowest BCUT2D eigenvalue weighted by Crippen LogP contribution is -2.48. The first-order valence-electron chi connectivity index (χ1n) is 7.47. The van der Waals surface area contributed by atoms with Gasteiger partial charge < -0.3 is 14.7 Å². The number of hydrogen-bond acceptors (Lipinski definition) is 3. The summed E-state index contributed by atoms with van der Waals surface area (Å²) < 4.78 is 43.7. The molecule has 1 heterocycles. The molecule has 0 radical (unpaired) electrons. The SMILES string of the molecule is O=C(COc1ccc2ccccc2c1)N1CC[C@@](O)(C(F)(F)F)C1. The van der Waals surface area contributed by atoms with Crippen molar-refractivity contribution in [2.24, 2.45) is 0 Å². The fraction of sp³-hybridized carbons (Fsp3) is 0.353. The van der Waals surface area contributed by atoms with Gasteiger partial charge in [0.25, 0.3) is 5.91 Å². The highest BCUT2D eigenvalue weighted by atomic mass is 19.4. The van der Waals surface area contributed by atoms with Crippen LogP contribution in [0.15, 0.2) is 42.5 Å². The van der Waals surface area contributed by atoms with E-state index in [-0.39, 0.29) is 13.2 Å². The summed E-state index contributed by atoms with van der Waals surface area (Å²) in [6.45, 7) is -1.27. The van der Waals surface area contributed by atoms with Crippen LogP contribution < -0.4 is 4.74 Å². The fourth-order valence-corrected chi connectivity index (χ4v) is 2.73. The van der Waals surface area contributed by atoms with Crippen LogP contribution in [0, 0.1) is 0 Å². The summed E-state index contributed by atoms with van der Waals surface area (Å²) in [4.78, 5) is 13.0. The average Bonchev–Trinajstić information content (AvgIpc) is 2.96. The van der Waals surface area contributed by atoms with Gasteiger partial charge in [-0.25, -0.2) is 0 Å². The third-order valence-corrected chi connectivity index (χ3v) is 4.21. The minimum absolute atomic E-state index is 0.143. The molecule has 0 unspecified atom stereocenters. The Balaban J connectivity index is 1.61. The van der Waals surface area contributed by atoms with Crippen molar-refractivity contribution in [1.29, 1.82) is 0 Å². The van der Waals surface area contributed by atoms with Gasteiger partial charge in [0, 0.05) is 13.0 Å². The molecule has 1 saturated heterocycles. The van der Waals surface area contributed by atoms with E-state index in [0.29, 0.717) is 5.75 Å². The van der Waals surface area contributed by atoms with Crippen LogP contribution in [0.4, 0.5) is 13.2 Å². The quantitative estimate of drug-likeness (QED) is 0.935. The highest BCUT2D eigenvalue weighted by Gasteiger charge is 2.57. The van der Waals surface area contributed by atoms with Crippen LogP contribution in [0.1, 0.15) is 6.42 Å². The Hall–Kier alpha value is -2.28. The number of hydrogen-bond donors (Lipinski definition) is 1. The number of carbonyl (C=O) groups is 1. The average molecular weight is 339 g/mol. The molecule has 1 amide bonds. The van der Waals surface area contributed by atoms with Crippen LogP contribution in [0.2, 0.25) is 0 Å². The van der Waals surface area contributed by atoms with Crippen LogP contribution in [0.25, 0.3) is 10.8 Å². The molecule has 1 aliphatic rings. The summed E-state index contributed by atoms with van der Waals surface area (Å²) in [5, 5.41) is 11.6. The van der Waals surface area contributed by atoms with Gasteiger partial charge in [0.15, 0.2) is 12.2 Å². The fourth-order valence-electron chi connectivity index (χ4n) is 2.73. The van der Waals surface area contributed by atoms with Crippen LogP contribution in [0.5, 0.6) is 5.75 Å². The number of β-amino-alcohol motifs (C(OH)–C–C–N with tert-alkyl or cyclic N) is 1. The Bertz CT molecular complexity index is 762. The lowest BCUT2D eigenvalue weighted by molar-refractivity contribution is -0.253. The number of benzene rings is 2. The Kier molecular flexibility index (Phi) is 4.13. The molecule has 0 aliphatic carbocycles. The molecule has 4 nitrogen and oxygen atoms in total. The number of halogens is 3. The van der Waals surface area contributed by atoms with Gasteiger partial charge in [-0.1, -0.05) is 30.3 Å². The number of alkyl halides is 3. The van der Waals surface area contributed by atoms with Gasteiger partial charge >= 0.3 is 6.18 Å². The number of fused-ring (bicyclic) bond motifs is 1. The van der Waals surface area contributed by atoms with Gasteiger partial charge in [0.1, 0.15) is 5.75 Å². The summed E-state index contributed by atoms with van der Waals surface area (Å²) in [7, 11) is 0. The molecule has 2 aromatic carbocycles. The van der Waals surface area contributed by atoms with Gasteiger partial charge in [-0.2, -0.15) is 13.2 Å². The second-order valence-corrected chi connectivity index (χ2v) is 5.89. The van der Waals surface area contributed by atoms with Crippen LogP contribution >= 0.6 is 0 Å². The molecular formula is C17H16F3NO3. The first kappa shape index (κ1) is 16.6. The minimum atomic E-state index is -4.75. The minimum Gasteiger partial charge on any atom is -0.484 e. The Morgan fingerprint density at radius 2 is 1.92 bits per heavy atom. The lowest BCUT2D eigenvalue weighted by atomic mass is 10.0. The van der Waals surface area contributed by atoms with Crippen molar-refractivity contribution in [2.75, 3.05) is 19.7 Å². The maximum Gasteiger partial charge on any atom is 0.419 e. The van der Waals surface area contributed by atoms with Crippen molar-refractivity contribution in [2.45, 2.75) is 18.2 Å². The van der Waals surface area contributed by atoms with Crippen molar-refractivity contribution >= 4 is 16.7 Å². The molecule has 0 saturated carbocycles. The summed E-state index contributed by atoms with van der Waals surface area (Å²) in [6.07, 6.45) is -5.26. The summed E-state index contributed by atoms with van der Waals surface area (Å²) in [5.74, 6) is -0.115. The second-order valence-electron chi connectivity index (χ2n) is 5.89. The molecule has 0 aromatic heterocycles. The lowest BCUT2D eigenvalue weighted by Gasteiger charge is -2.25. The van der Waals surface area contributed by atoms with Crippen molar-refractivity contribution in [3.8, 4) is 5.75 Å². The molecule has 7 heteroatoms. The van der Waals surface area contributed by atoms with Crippen molar-refractivity contribution in [3.63, 3.8) is 0 Å². The normalized spacial score (nSPS) is 21.2. The van der Waals surface area contributed by atoms with E-state index >= 15 is 0 Å². The second kappa shape index (κ2) is 5.98. The smallest absolute Gasteiger partial charge is 0.419 e. The van der Waals surface area contributed by atoms with E-state index in [4.69, 9.17) is 4.74 Å². The first-order valence-corrected chi connectivity index (χ1v) is 7.47. The molecule has 1 N–H and O–H groups in total. The predicted molar refractivity (Wildman–Crippen MR) is 81.6 cm³/mol. The predicted octanol–water partition coefficient (Wildman–Crippen LogP) is 2.74. The Morgan fingerprint density at radius 1 is 1.21 bits per heavy atom. The standard InChI is InChI=1S/C17H16F3NO3/c18-17(19,20)16(23)7-8-21(11-16)15(22)10-24-14-6-5-12-3-1-2-4-13(12)9-14/h1-6,9,23H,7-8,10-11H2/t16-/m0/s1. The third-order valence-electron chi connectivity index (χ3n) is 4.21. The summed E-state index contributed by atoms with van der Waals surface area (Å²) >= 11 is 0. The molecule has 0 bridgehead atoms. The van der Waals surface area contributed by atoms with Crippen molar-refractivity contribution in [1.82, 2.24) is 4.90 Å². The number of ether oxygens (including phenoxy) is 1. The molecule has 0 spiro atoms. The third kappa shape index (κ3) is 3.17. The molecule has 128 valence electrons. The van der Waals surface area contributed by atoms with E-state index in [1.54, 1.807) is 12.1 Å².